The number of ketones is 1. The summed E-state index contributed by atoms with van der Waals surface area (Å²) in [5.74, 6) is 0.830. The van der Waals surface area contributed by atoms with Crippen molar-refractivity contribution in [2.45, 2.75) is 111 Å². The number of allylic oxidation sites excluding steroid dienone is 2. The highest BCUT2D eigenvalue weighted by molar-refractivity contribution is 5.95. The lowest BCUT2D eigenvalue weighted by Gasteiger charge is -2.70. The van der Waals surface area contributed by atoms with Gasteiger partial charge in [-0.2, -0.15) is 0 Å². The minimum atomic E-state index is -0.523. The highest BCUT2D eigenvalue weighted by Crippen LogP contribution is 2.74. The van der Waals surface area contributed by atoms with Crippen LogP contribution >= 0.6 is 0 Å². The van der Waals surface area contributed by atoms with E-state index in [0.29, 0.717) is 11.7 Å². The molecule has 0 saturated heterocycles. The molecule has 5 rings (SSSR count). The molecule has 5 aliphatic carbocycles. The zero-order valence-corrected chi connectivity index (χ0v) is 24.2. The fraction of sp³-hybridized carbons (Fsp3) is 0.812. The van der Waals surface area contributed by atoms with Crippen LogP contribution in [0.5, 0.6) is 0 Å². The van der Waals surface area contributed by atoms with Crippen LogP contribution in [0.15, 0.2) is 24.3 Å². The number of ether oxygens (including phenoxy) is 1. The summed E-state index contributed by atoms with van der Waals surface area (Å²) in [5, 5.41) is 14.0. The van der Waals surface area contributed by atoms with Crippen molar-refractivity contribution in [3.05, 3.63) is 24.3 Å². The van der Waals surface area contributed by atoms with Gasteiger partial charge in [-0.15, -0.1) is 6.58 Å². The Bertz CT molecular complexity index is 1050. The van der Waals surface area contributed by atoms with E-state index in [0.717, 1.165) is 57.8 Å². The number of nitrogens with one attached hydrogen (secondary N) is 1. The predicted octanol–water partition coefficient (Wildman–Crippen LogP) is 6.60. The smallest absolute Gasteiger partial charge is 0.407 e. The third-order valence-electron chi connectivity index (χ3n) is 13.3. The lowest BCUT2D eigenvalue weighted by atomic mass is 9.33. The second-order valence-electron chi connectivity index (χ2n) is 15.0. The van der Waals surface area contributed by atoms with Gasteiger partial charge in [-0.1, -0.05) is 53.2 Å². The number of aliphatic hydroxyl groups excluding tert-OH is 1. The van der Waals surface area contributed by atoms with Crippen LogP contribution in [0.4, 0.5) is 4.79 Å². The Morgan fingerprint density at radius 1 is 1.05 bits per heavy atom. The highest BCUT2D eigenvalue weighted by atomic mass is 16.5. The molecule has 9 atom stereocenters. The Hall–Kier alpha value is -1.62. The standard InChI is InChI=1S/C32H49NO4/c1-9-32(33-26(36)37-8)17-15-28(4)14-16-30(6)20(21(28)19-32)18-22(34)25-29(5)12-11-24(35)27(2,3)23(29)10-13-31(25,30)7/h9,18,21,23-25,35H,1,10-17,19H2,2-8H3,(H,33,36)/t21?,23-,24-,25+,28?,29-,30+,31?,32-/m0/s1. The van der Waals surface area contributed by atoms with Gasteiger partial charge in [0.2, 0.25) is 0 Å². The molecule has 0 radical (unpaired) electrons. The van der Waals surface area contributed by atoms with Crippen LogP contribution in [-0.2, 0) is 9.53 Å². The molecule has 0 aromatic heterocycles. The average molecular weight is 512 g/mol. The molecule has 2 N–H and O–H groups in total. The second kappa shape index (κ2) is 8.19. The number of rotatable bonds is 2. The summed E-state index contributed by atoms with van der Waals surface area (Å²) in [6, 6.07) is 0. The molecule has 5 aliphatic rings. The van der Waals surface area contributed by atoms with Gasteiger partial charge in [-0.3, -0.25) is 4.79 Å². The van der Waals surface area contributed by atoms with E-state index in [2.05, 4.69) is 59.5 Å². The van der Waals surface area contributed by atoms with Crippen LogP contribution < -0.4 is 5.32 Å². The molecule has 5 nitrogen and oxygen atoms in total. The first-order chi connectivity index (χ1) is 17.1. The zero-order chi connectivity index (χ0) is 27.2. The maximum Gasteiger partial charge on any atom is 0.407 e. The summed E-state index contributed by atoms with van der Waals surface area (Å²) in [6.45, 7) is 18.2. The molecule has 1 amide bonds. The van der Waals surface area contributed by atoms with Crippen LogP contribution in [0.25, 0.3) is 0 Å². The van der Waals surface area contributed by atoms with Crippen molar-refractivity contribution in [3.8, 4) is 0 Å². The van der Waals surface area contributed by atoms with Gasteiger partial charge in [-0.05, 0) is 103 Å². The van der Waals surface area contributed by atoms with Gasteiger partial charge in [0.15, 0.2) is 5.78 Å². The van der Waals surface area contributed by atoms with Crippen LogP contribution in [-0.4, -0.2) is 35.7 Å². The topological polar surface area (TPSA) is 75.6 Å². The van der Waals surface area contributed by atoms with Crippen LogP contribution in [0.2, 0.25) is 0 Å². The number of carbonyl (C=O) groups is 2. The van der Waals surface area contributed by atoms with E-state index in [1.54, 1.807) is 0 Å². The molecule has 206 valence electrons. The molecule has 0 aliphatic heterocycles. The lowest BCUT2D eigenvalue weighted by molar-refractivity contribution is -0.201. The average Bonchev–Trinajstić information content (AvgIpc) is 2.83. The third kappa shape index (κ3) is 3.44. The van der Waals surface area contributed by atoms with Gasteiger partial charge >= 0.3 is 6.09 Å². The predicted molar refractivity (Wildman–Crippen MR) is 146 cm³/mol. The zero-order valence-electron chi connectivity index (χ0n) is 24.2. The number of methoxy groups -OCH3 is 1. The van der Waals surface area contributed by atoms with Gasteiger partial charge in [0.05, 0.1) is 18.8 Å². The molecule has 0 spiro atoms. The Morgan fingerprint density at radius 2 is 1.73 bits per heavy atom. The van der Waals surface area contributed by atoms with Crippen LogP contribution in [0.3, 0.4) is 0 Å². The van der Waals surface area contributed by atoms with E-state index in [4.69, 9.17) is 4.74 Å². The van der Waals surface area contributed by atoms with Crippen LogP contribution in [0.1, 0.15) is 99.3 Å². The number of amides is 1. The van der Waals surface area contributed by atoms with Crippen molar-refractivity contribution in [2.75, 3.05) is 7.11 Å². The number of fused-ring (bicyclic) bond motifs is 7. The highest BCUT2D eigenvalue weighted by Gasteiger charge is 2.70. The first kappa shape index (κ1) is 27.0. The minimum Gasteiger partial charge on any atom is -0.453 e. The molecule has 4 saturated carbocycles. The fourth-order valence-corrected chi connectivity index (χ4v) is 10.6. The Morgan fingerprint density at radius 3 is 2.38 bits per heavy atom. The van der Waals surface area contributed by atoms with E-state index in [-0.39, 0.29) is 45.0 Å². The SMILES string of the molecule is C=C[C@]1(NC(=O)OC)CCC2(C)CC[C@]3(C)C(=CC(=O)[C@H]4C3(C)CC[C@H]3C(C)(C)[C@@H](O)CC[C@@]34C)C2C1. The summed E-state index contributed by atoms with van der Waals surface area (Å²) in [5.41, 5.74) is 0.420. The van der Waals surface area contributed by atoms with Gasteiger partial charge in [0.25, 0.3) is 0 Å². The van der Waals surface area contributed by atoms with Crippen molar-refractivity contribution in [3.63, 3.8) is 0 Å². The maximum atomic E-state index is 14.4. The summed E-state index contributed by atoms with van der Waals surface area (Å²) in [7, 11) is 1.41. The van der Waals surface area contributed by atoms with E-state index in [9.17, 15) is 14.7 Å². The molecule has 0 bridgehead atoms. The van der Waals surface area contributed by atoms with Gasteiger partial charge in [0, 0.05) is 5.92 Å². The van der Waals surface area contributed by atoms with Crippen molar-refractivity contribution in [2.24, 2.45) is 44.8 Å². The molecule has 0 aromatic carbocycles. The lowest BCUT2D eigenvalue weighted by Crippen LogP contribution is -2.67. The minimum absolute atomic E-state index is 0.0235. The molecule has 5 heteroatoms. The number of aliphatic hydroxyl groups is 1. The first-order valence-corrected chi connectivity index (χ1v) is 14.6. The van der Waals surface area contributed by atoms with Crippen molar-refractivity contribution in [1.82, 2.24) is 5.32 Å². The summed E-state index contributed by atoms with van der Waals surface area (Å²) in [6.07, 6.45) is 11.8. The van der Waals surface area contributed by atoms with Gasteiger partial charge in [-0.25, -0.2) is 4.79 Å². The summed E-state index contributed by atoms with van der Waals surface area (Å²) < 4.78 is 4.97. The molecule has 3 unspecified atom stereocenters. The third-order valence-corrected chi connectivity index (χ3v) is 13.3. The largest absolute Gasteiger partial charge is 0.453 e. The monoisotopic (exact) mass is 511 g/mol. The van der Waals surface area contributed by atoms with Crippen molar-refractivity contribution in [1.29, 1.82) is 0 Å². The van der Waals surface area contributed by atoms with Crippen LogP contribution in [0, 0.1) is 44.8 Å². The fourth-order valence-electron chi connectivity index (χ4n) is 10.6. The number of hydrogen-bond donors (Lipinski definition) is 2. The quantitative estimate of drug-likeness (QED) is 0.410. The van der Waals surface area contributed by atoms with Crippen molar-refractivity contribution < 1.29 is 19.4 Å². The van der Waals surface area contributed by atoms with Gasteiger partial charge in [0.1, 0.15) is 0 Å². The molecular formula is C32H49NO4. The summed E-state index contributed by atoms with van der Waals surface area (Å²) >= 11 is 0. The van der Waals surface area contributed by atoms with Gasteiger partial charge < -0.3 is 15.2 Å². The van der Waals surface area contributed by atoms with E-state index in [1.807, 2.05) is 6.08 Å². The number of alkyl carbamates (subject to hydrolysis) is 1. The molecule has 0 aromatic rings. The normalized spacial score (nSPS) is 50.4. The molecule has 4 fully saturated rings. The maximum absolute atomic E-state index is 14.4. The Balaban J connectivity index is 1.59. The molecule has 0 heterocycles. The number of carbonyl (C=O) groups excluding carboxylic acids is 2. The van der Waals surface area contributed by atoms with E-state index in [1.165, 1.54) is 12.7 Å². The Labute approximate surface area is 223 Å². The van der Waals surface area contributed by atoms with Crippen molar-refractivity contribution >= 4 is 11.9 Å². The summed E-state index contributed by atoms with van der Waals surface area (Å²) in [4.78, 5) is 26.7. The number of hydrogen-bond acceptors (Lipinski definition) is 4. The first-order valence-electron chi connectivity index (χ1n) is 14.6. The molecule has 37 heavy (non-hydrogen) atoms. The Kier molecular flexibility index (Phi) is 5.97. The van der Waals surface area contributed by atoms with E-state index >= 15 is 0 Å². The van der Waals surface area contributed by atoms with E-state index < -0.39 is 11.6 Å². The second-order valence-corrected chi connectivity index (χ2v) is 15.0. The molecular weight excluding hydrogens is 462 g/mol.